The average Bonchev–Trinajstić information content (AvgIpc) is 2.54. The van der Waals surface area contributed by atoms with E-state index in [0.29, 0.717) is 0 Å². The molecule has 1 aromatic rings. The van der Waals surface area contributed by atoms with E-state index in [1.807, 2.05) is 0 Å². The van der Waals surface area contributed by atoms with Gasteiger partial charge in [-0.25, -0.2) is 0 Å². The Bertz CT molecular complexity index is 429. The molecule has 1 aliphatic rings. The summed E-state index contributed by atoms with van der Waals surface area (Å²) in [6.45, 7) is 7.34. The lowest BCUT2D eigenvalue weighted by Crippen LogP contribution is -2.46. The molecule has 1 fully saturated rings. The van der Waals surface area contributed by atoms with E-state index < -0.39 is 0 Å². The Morgan fingerprint density at radius 1 is 1.00 bits per heavy atom. The van der Waals surface area contributed by atoms with Crippen LogP contribution < -0.4 is 11.1 Å². The molecular formula is C16H29Cl3N4O. The van der Waals surface area contributed by atoms with E-state index in [1.54, 1.807) is 0 Å². The van der Waals surface area contributed by atoms with Crippen LogP contribution in [0.15, 0.2) is 30.3 Å². The second kappa shape index (κ2) is 14.8. The smallest absolute Gasteiger partial charge is 0.233 e. The Labute approximate surface area is 163 Å². The fourth-order valence-electron chi connectivity index (χ4n) is 2.62. The van der Waals surface area contributed by atoms with Crippen LogP contribution in [-0.2, 0) is 11.3 Å². The summed E-state index contributed by atoms with van der Waals surface area (Å²) in [5.41, 5.74) is 6.63. The molecule has 0 unspecified atom stereocenters. The van der Waals surface area contributed by atoms with Crippen molar-refractivity contribution < 1.29 is 4.79 Å². The first-order valence-electron chi connectivity index (χ1n) is 7.73. The molecule has 3 N–H and O–H groups in total. The zero-order valence-corrected chi connectivity index (χ0v) is 16.3. The maximum Gasteiger partial charge on any atom is 0.233 e. The van der Waals surface area contributed by atoms with Crippen molar-refractivity contribution in [3.63, 3.8) is 0 Å². The van der Waals surface area contributed by atoms with Crippen LogP contribution in [-0.4, -0.2) is 61.5 Å². The molecule has 0 spiro atoms. The lowest BCUT2D eigenvalue weighted by atomic mass is 10.2. The Morgan fingerprint density at radius 2 is 1.58 bits per heavy atom. The van der Waals surface area contributed by atoms with E-state index in [9.17, 15) is 4.79 Å². The van der Waals surface area contributed by atoms with Crippen LogP contribution in [0.2, 0.25) is 0 Å². The first-order valence-corrected chi connectivity index (χ1v) is 7.73. The first-order chi connectivity index (χ1) is 10.3. The highest BCUT2D eigenvalue weighted by atomic mass is 35.5. The summed E-state index contributed by atoms with van der Waals surface area (Å²) < 4.78 is 0. The van der Waals surface area contributed by atoms with E-state index in [1.165, 1.54) is 5.56 Å². The molecule has 1 heterocycles. The predicted octanol–water partition coefficient (Wildman–Crippen LogP) is 1.53. The molecule has 0 radical (unpaired) electrons. The number of hydrogen-bond donors (Lipinski definition) is 2. The van der Waals surface area contributed by atoms with Crippen LogP contribution in [0.5, 0.6) is 0 Å². The standard InChI is InChI=1S/C16H26N4O.3ClH/c17-13-16(21)18-7-4-8-19-9-11-20(12-10-19)14-15-5-2-1-3-6-15;;;/h1-3,5-6H,4,7-14,17H2,(H,18,21);3*1H. The summed E-state index contributed by atoms with van der Waals surface area (Å²) in [6, 6.07) is 10.6. The molecule has 0 aliphatic carbocycles. The number of rotatable bonds is 7. The van der Waals surface area contributed by atoms with Crippen LogP contribution in [0.25, 0.3) is 0 Å². The first kappa shape index (κ1) is 25.7. The SMILES string of the molecule is Cl.Cl.Cl.NCC(=O)NCCCN1CCN(Cc2ccccc2)CC1. The van der Waals surface area contributed by atoms with Crippen molar-refractivity contribution in [2.45, 2.75) is 13.0 Å². The van der Waals surface area contributed by atoms with Crippen LogP contribution in [0.1, 0.15) is 12.0 Å². The largest absolute Gasteiger partial charge is 0.355 e. The van der Waals surface area contributed by atoms with Crippen LogP contribution in [0.3, 0.4) is 0 Å². The second-order valence-electron chi connectivity index (χ2n) is 5.51. The highest BCUT2D eigenvalue weighted by Gasteiger charge is 2.16. The predicted molar refractivity (Wildman–Crippen MR) is 107 cm³/mol. The maximum absolute atomic E-state index is 11.0. The van der Waals surface area contributed by atoms with E-state index in [0.717, 1.165) is 52.2 Å². The van der Waals surface area contributed by atoms with Crippen molar-refractivity contribution in [2.24, 2.45) is 5.73 Å². The van der Waals surface area contributed by atoms with E-state index in [-0.39, 0.29) is 49.7 Å². The molecule has 5 nitrogen and oxygen atoms in total. The lowest BCUT2D eigenvalue weighted by molar-refractivity contribution is -0.119. The number of nitrogens with zero attached hydrogens (tertiary/aromatic N) is 2. The van der Waals surface area contributed by atoms with Crippen molar-refractivity contribution >= 4 is 43.1 Å². The highest BCUT2D eigenvalue weighted by Crippen LogP contribution is 2.08. The van der Waals surface area contributed by atoms with E-state index >= 15 is 0 Å². The molecular weight excluding hydrogens is 371 g/mol. The number of nitrogens with two attached hydrogens (primary N) is 1. The minimum absolute atomic E-state index is 0. The third kappa shape index (κ3) is 9.67. The van der Waals surface area contributed by atoms with E-state index in [4.69, 9.17) is 5.73 Å². The molecule has 24 heavy (non-hydrogen) atoms. The number of amides is 1. The molecule has 1 saturated heterocycles. The van der Waals surface area contributed by atoms with Gasteiger partial charge < -0.3 is 16.0 Å². The molecule has 0 atom stereocenters. The monoisotopic (exact) mass is 398 g/mol. The molecule has 0 aromatic heterocycles. The minimum Gasteiger partial charge on any atom is -0.355 e. The lowest BCUT2D eigenvalue weighted by Gasteiger charge is -2.34. The number of nitrogens with one attached hydrogen (secondary N) is 1. The normalized spacial score (nSPS) is 14.7. The average molecular weight is 400 g/mol. The van der Waals surface area contributed by atoms with Gasteiger partial charge in [0.15, 0.2) is 0 Å². The van der Waals surface area contributed by atoms with Crippen LogP contribution in [0.4, 0.5) is 0 Å². The number of benzene rings is 1. The quantitative estimate of drug-likeness (QED) is 0.683. The molecule has 0 saturated carbocycles. The van der Waals surface area contributed by atoms with Crippen molar-refractivity contribution in [1.82, 2.24) is 15.1 Å². The number of halogens is 3. The van der Waals surface area contributed by atoms with Crippen molar-refractivity contribution in [1.29, 1.82) is 0 Å². The number of hydrogen-bond acceptors (Lipinski definition) is 4. The van der Waals surface area contributed by atoms with Crippen molar-refractivity contribution in [2.75, 3.05) is 45.8 Å². The topological polar surface area (TPSA) is 61.6 Å². The van der Waals surface area contributed by atoms with Gasteiger partial charge in [-0.05, 0) is 18.5 Å². The zero-order chi connectivity index (χ0) is 14.9. The molecule has 1 aromatic carbocycles. The maximum atomic E-state index is 11.0. The fraction of sp³-hybridized carbons (Fsp3) is 0.562. The highest BCUT2D eigenvalue weighted by molar-refractivity contribution is 5.86. The molecule has 1 aliphatic heterocycles. The van der Waals surface area contributed by atoms with E-state index in [2.05, 4.69) is 45.4 Å². The Kier molecular flexibility index (Phi) is 15.8. The van der Waals surface area contributed by atoms with Crippen LogP contribution in [0, 0.1) is 0 Å². The molecule has 1 amide bonds. The summed E-state index contributed by atoms with van der Waals surface area (Å²) in [5, 5.41) is 2.81. The van der Waals surface area contributed by atoms with Gasteiger partial charge in [-0.1, -0.05) is 30.3 Å². The number of carbonyl (C=O) groups is 1. The van der Waals surface area contributed by atoms with Crippen LogP contribution >= 0.6 is 37.2 Å². The second-order valence-corrected chi connectivity index (χ2v) is 5.51. The number of piperazine rings is 1. The Morgan fingerprint density at radius 3 is 2.17 bits per heavy atom. The summed E-state index contributed by atoms with van der Waals surface area (Å²) in [7, 11) is 0. The zero-order valence-electron chi connectivity index (χ0n) is 13.9. The molecule has 2 rings (SSSR count). The molecule has 0 bridgehead atoms. The van der Waals surface area contributed by atoms with Gasteiger partial charge in [0, 0.05) is 39.3 Å². The third-order valence-electron chi connectivity index (χ3n) is 3.87. The van der Waals surface area contributed by atoms with Gasteiger partial charge in [0.2, 0.25) is 5.91 Å². The van der Waals surface area contributed by atoms with Gasteiger partial charge in [0.25, 0.3) is 0 Å². The molecule has 8 heteroatoms. The van der Waals surface area contributed by atoms with Gasteiger partial charge in [0.1, 0.15) is 0 Å². The third-order valence-corrected chi connectivity index (χ3v) is 3.87. The Balaban J connectivity index is 0. The number of carbonyl (C=O) groups excluding carboxylic acids is 1. The van der Waals surface area contributed by atoms with Gasteiger partial charge in [-0.15, -0.1) is 37.2 Å². The van der Waals surface area contributed by atoms with Crippen molar-refractivity contribution in [3.05, 3.63) is 35.9 Å². The van der Waals surface area contributed by atoms with Gasteiger partial charge in [-0.2, -0.15) is 0 Å². The molecule has 140 valence electrons. The minimum atomic E-state index is -0.0670. The van der Waals surface area contributed by atoms with Gasteiger partial charge in [-0.3, -0.25) is 9.69 Å². The summed E-state index contributed by atoms with van der Waals surface area (Å²) in [4.78, 5) is 16.0. The summed E-state index contributed by atoms with van der Waals surface area (Å²) >= 11 is 0. The van der Waals surface area contributed by atoms with Gasteiger partial charge >= 0.3 is 0 Å². The Hall–Kier alpha value is -0.560. The summed E-state index contributed by atoms with van der Waals surface area (Å²) in [5.74, 6) is -0.0670. The van der Waals surface area contributed by atoms with Crippen molar-refractivity contribution in [3.8, 4) is 0 Å². The summed E-state index contributed by atoms with van der Waals surface area (Å²) in [6.07, 6.45) is 0.991. The fourth-order valence-corrected chi connectivity index (χ4v) is 2.62. The van der Waals surface area contributed by atoms with Gasteiger partial charge in [0.05, 0.1) is 6.54 Å².